The summed E-state index contributed by atoms with van der Waals surface area (Å²) in [6, 6.07) is -0.143. The Kier molecular flexibility index (Phi) is 21.9. The summed E-state index contributed by atoms with van der Waals surface area (Å²) in [4.78, 5) is 18.2. The minimum absolute atomic E-state index is 0.0464. The van der Waals surface area contributed by atoms with Gasteiger partial charge in [0.1, 0.15) is 12.6 Å². The zero-order valence-electron chi connectivity index (χ0n) is 23.3. The maximum atomic E-state index is 11.2. The summed E-state index contributed by atoms with van der Waals surface area (Å²) < 4.78 is 28.2. The van der Waals surface area contributed by atoms with Crippen LogP contribution in [0.1, 0.15) is 103 Å². The molecule has 0 radical (unpaired) electrons. The largest absolute Gasteiger partial charge is 0.469 e. The monoisotopic (exact) mass is 525 g/mol. The molecule has 8 nitrogen and oxygen atoms in total. The molecule has 4 N–H and O–H groups in total. The van der Waals surface area contributed by atoms with E-state index in [0.29, 0.717) is 37.3 Å². The molecule has 0 fully saturated rings. The molecule has 0 aromatic carbocycles. The molecule has 0 aromatic rings. The summed E-state index contributed by atoms with van der Waals surface area (Å²) in [6.45, 7) is 4.22. The van der Waals surface area contributed by atoms with Gasteiger partial charge in [0.15, 0.2) is 0 Å². The van der Waals surface area contributed by atoms with Crippen LogP contribution in [-0.2, 0) is 18.6 Å². The van der Waals surface area contributed by atoms with Crippen LogP contribution in [-0.4, -0.2) is 80.5 Å². The summed E-state index contributed by atoms with van der Waals surface area (Å²) in [5.41, 5.74) is 5.60. The molecule has 0 aliphatic rings. The van der Waals surface area contributed by atoms with E-state index in [1.54, 1.807) is 0 Å². The number of unbranched alkanes of at least 4 members (excludes halogenated alkanes) is 13. The molecule has 212 valence electrons. The minimum Gasteiger partial charge on any atom is -0.379 e. The van der Waals surface area contributed by atoms with Crippen LogP contribution >= 0.6 is 7.82 Å². The zero-order chi connectivity index (χ0) is 26.4. The Morgan fingerprint density at radius 3 is 1.69 bits per heavy atom. The normalized spacial score (nSPS) is 14.4. The Hall–Kier alpha value is -0.0500. The third kappa shape index (κ3) is 24.1. The molecule has 0 saturated heterocycles. The highest BCUT2D eigenvalue weighted by atomic mass is 31.2. The van der Waals surface area contributed by atoms with Crippen molar-refractivity contribution in [3.05, 3.63) is 0 Å². The molecule has 35 heavy (non-hydrogen) atoms. The van der Waals surface area contributed by atoms with Gasteiger partial charge in [-0.05, 0) is 6.42 Å². The average molecular weight is 526 g/mol. The van der Waals surface area contributed by atoms with E-state index in [0.717, 1.165) is 6.42 Å². The first-order valence-corrected chi connectivity index (χ1v) is 15.5. The molecule has 2 atom stereocenters. The van der Waals surface area contributed by atoms with Crippen LogP contribution < -0.4 is 5.73 Å². The third-order valence-corrected chi connectivity index (χ3v) is 6.97. The molecular formula is C26H58N2O6P+. The maximum absolute atomic E-state index is 11.2. The number of phosphoric ester groups is 1. The van der Waals surface area contributed by atoms with Gasteiger partial charge in [0.25, 0.3) is 0 Å². The number of hydrogen-bond donors (Lipinski definition) is 3. The number of hydrogen-bond acceptors (Lipinski definition) is 5. The molecule has 0 bridgehead atoms. The second-order valence-electron chi connectivity index (χ2n) is 10.7. The Morgan fingerprint density at radius 1 is 0.771 bits per heavy atom. The summed E-state index contributed by atoms with van der Waals surface area (Å²) in [5.74, 6) is 0. The first-order chi connectivity index (χ1) is 16.6. The third-order valence-electron chi connectivity index (χ3n) is 6.48. The SMILES string of the molecule is CCCCCCCCCCCCCCCCOCC(CC(COP(=O)(O)O)[N+](C)(C)C)OCCN. The van der Waals surface area contributed by atoms with E-state index in [1.807, 2.05) is 21.1 Å². The molecule has 0 amide bonds. The maximum Gasteiger partial charge on any atom is 0.469 e. The van der Waals surface area contributed by atoms with Crippen LogP contribution in [0, 0.1) is 0 Å². The van der Waals surface area contributed by atoms with Crippen molar-refractivity contribution in [1.82, 2.24) is 0 Å². The Morgan fingerprint density at radius 2 is 1.26 bits per heavy atom. The van der Waals surface area contributed by atoms with Crippen LogP contribution in [0.5, 0.6) is 0 Å². The van der Waals surface area contributed by atoms with Crippen molar-refractivity contribution >= 4 is 7.82 Å². The summed E-state index contributed by atoms with van der Waals surface area (Å²) in [6.07, 6.45) is 19.0. The number of quaternary nitrogens is 1. The van der Waals surface area contributed by atoms with Gasteiger partial charge in [-0.25, -0.2) is 4.57 Å². The Balaban J connectivity index is 3.95. The first kappa shape index (κ1) is 35.0. The standard InChI is InChI=1S/C26H57N2O6P/c1-5-6-7-8-9-10-11-12-13-14-15-16-17-18-20-32-24-26(33-21-19-27)22-25(28(2,3)4)23-34-35(29,30)31/h25-26H,5-24,27H2,1-4H3,(H-,29,30,31)/p+1. The van der Waals surface area contributed by atoms with Crippen LogP contribution in [0.2, 0.25) is 0 Å². The fraction of sp³-hybridized carbons (Fsp3) is 1.00. The predicted octanol–water partition coefficient (Wildman–Crippen LogP) is 5.40. The van der Waals surface area contributed by atoms with E-state index in [-0.39, 0.29) is 18.8 Å². The van der Waals surface area contributed by atoms with Crippen molar-refractivity contribution < 1.29 is 32.8 Å². The van der Waals surface area contributed by atoms with E-state index in [1.165, 1.54) is 83.5 Å². The van der Waals surface area contributed by atoms with E-state index < -0.39 is 7.82 Å². The topological polar surface area (TPSA) is 111 Å². The molecule has 0 saturated carbocycles. The molecule has 0 aliphatic heterocycles. The van der Waals surface area contributed by atoms with Crippen molar-refractivity contribution in [2.45, 2.75) is 115 Å². The minimum atomic E-state index is -4.51. The second-order valence-corrected chi connectivity index (χ2v) is 12.0. The quantitative estimate of drug-likeness (QED) is 0.0787. The molecule has 0 aliphatic carbocycles. The van der Waals surface area contributed by atoms with Crippen LogP contribution in [0.25, 0.3) is 0 Å². The number of nitrogens with two attached hydrogens (primary N) is 1. The number of rotatable bonds is 26. The Bertz CT molecular complexity index is 513. The van der Waals surface area contributed by atoms with Crippen LogP contribution in [0.3, 0.4) is 0 Å². The molecule has 0 spiro atoms. The fourth-order valence-electron chi connectivity index (χ4n) is 4.13. The summed E-state index contributed by atoms with van der Waals surface area (Å²) >= 11 is 0. The smallest absolute Gasteiger partial charge is 0.379 e. The Labute approximate surface area is 216 Å². The average Bonchev–Trinajstić information content (AvgIpc) is 2.77. The van der Waals surface area contributed by atoms with Gasteiger partial charge in [0.05, 0.1) is 40.5 Å². The van der Waals surface area contributed by atoms with E-state index in [9.17, 15) is 4.57 Å². The first-order valence-electron chi connectivity index (χ1n) is 14.0. The highest BCUT2D eigenvalue weighted by molar-refractivity contribution is 7.46. The predicted molar refractivity (Wildman–Crippen MR) is 144 cm³/mol. The van der Waals surface area contributed by atoms with Crippen molar-refractivity contribution in [1.29, 1.82) is 0 Å². The van der Waals surface area contributed by atoms with Crippen molar-refractivity contribution in [3.63, 3.8) is 0 Å². The molecule has 0 heterocycles. The number of nitrogens with zero attached hydrogens (tertiary/aromatic N) is 1. The van der Waals surface area contributed by atoms with E-state index in [4.69, 9.17) is 29.5 Å². The zero-order valence-corrected chi connectivity index (χ0v) is 24.2. The second kappa shape index (κ2) is 22.0. The molecule has 9 heteroatoms. The van der Waals surface area contributed by atoms with Gasteiger partial charge in [-0.15, -0.1) is 0 Å². The van der Waals surface area contributed by atoms with Crippen molar-refractivity contribution in [3.8, 4) is 0 Å². The summed E-state index contributed by atoms with van der Waals surface area (Å²) in [7, 11) is 1.42. The lowest BCUT2D eigenvalue weighted by Crippen LogP contribution is -2.50. The molecule has 0 rings (SSSR count). The number of ether oxygens (including phenoxy) is 2. The van der Waals surface area contributed by atoms with Gasteiger partial charge < -0.3 is 29.5 Å². The van der Waals surface area contributed by atoms with Gasteiger partial charge in [0, 0.05) is 19.6 Å². The fourth-order valence-corrected chi connectivity index (χ4v) is 4.49. The van der Waals surface area contributed by atoms with Gasteiger partial charge in [-0.1, -0.05) is 90.4 Å². The van der Waals surface area contributed by atoms with Crippen molar-refractivity contribution in [2.24, 2.45) is 5.73 Å². The van der Waals surface area contributed by atoms with E-state index >= 15 is 0 Å². The summed E-state index contributed by atoms with van der Waals surface area (Å²) in [5, 5.41) is 0. The lowest BCUT2D eigenvalue weighted by atomic mass is 10.0. The van der Waals surface area contributed by atoms with E-state index in [2.05, 4.69) is 6.92 Å². The highest BCUT2D eigenvalue weighted by Crippen LogP contribution is 2.36. The lowest BCUT2D eigenvalue weighted by molar-refractivity contribution is -0.897. The van der Waals surface area contributed by atoms with Gasteiger partial charge in [-0.2, -0.15) is 0 Å². The van der Waals surface area contributed by atoms with Crippen molar-refractivity contribution in [2.75, 3.05) is 54.1 Å². The highest BCUT2D eigenvalue weighted by Gasteiger charge is 2.31. The van der Waals surface area contributed by atoms with Gasteiger partial charge >= 0.3 is 7.82 Å². The van der Waals surface area contributed by atoms with Gasteiger partial charge in [-0.3, -0.25) is 4.52 Å². The van der Waals surface area contributed by atoms with Gasteiger partial charge in [0.2, 0.25) is 0 Å². The molecule has 0 aromatic heterocycles. The number of likely N-dealkylation sites (N-methyl/N-ethyl adjacent to an activating group) is 1. The van der Waals surface area contributed by atoms with Crippen LogP contribution in [0.15, 0.2) is 0 Å². The lowest BCUT2D eigenvalue weighted by Gasteiger charge is -2.36. The van der Waals surface area contributed by atoms with Crippen LogP contribution in [0.4, 0.5) is 0 Å². The number of phosphoric acid groups is 1. The molecule has 2 unspecified atom stereocenters. The molecular weight excluding hydrogens is 467 g/mol.